The summed E-state index contributed by atoms with van der Waals surface area (Å²) in [5.74, 6) is 0.226. The van der Waals surface area contributed by atoms with Crippen LogP contribution in [0.4, 0.5) is 5.82 Å². The highest BCUT2D eigenvalue weighted by Crippen LogP contribution is 2.34. The summed E-state index contributed by atoms with van der Waals surface area (Å²) in [6, 6.07) is 7.70. The summed E-state index contributed by atoms with van der Waals surface area (Å²) in [5, 5.41) is 11.6. The minimum Gasteiger partial charge on any atom is -0.354 e. The monoisotopic (exact) mass is 363 g/mol. The van der Waals surface area contributed by atoms with E-state index in [-0.39, 0.29) is 18.1 Å². The molecule has 2 aliphatic rings. The normalized spacial score (nSPS) is 19.9. The van der Waals surface area contributed by atoms with Gasteiger partial charge < -0.3 is 10.2 Å². The van der Waals surface area contributed by atoms with Crippen molar-refractivity contribution in [1.82, 2.24) is 14.6 Å². The number of nitriles is 1. The largest absolute Gasteiger partial charge is 0.354 e. The molecule has 0 radical (unpaired) electrons. The van der Waals surface area contributed by atoms with Crippen LogP contribution in [0.15, 0.2) is 24.4 Å². The Morgan fingerprint density at radius 1 is 1.28 bits per heavy atom. The van der Waals surface area contributed by atoms with E-state index < -0.39 is 15.6 Å². The van der Waals surface area contributed by atoms with Gasteiger partial charge in [-0.15, -0.1) is 0 Å². The first-order valence-electron chi connectivity index (χ1n) is 8.30. The quantitative estimate of drug-likeness (QED) is 0.768. The van der Waals surface area contributed by atoms with E-state index in [1.54, 1.807) is 6.20 Å². The number of nitrogens with zero attached hydrogens (tertiary/aromatic N) is 4. The number of rotatable bonds is 6. The van der Waals surface area contributed by atoms with E-state index in [9.17, 15) is 13.2 Å². The summed E-state index contributed by atoms with van der Waals surface area (Å²) in [6.07, 6.45) is 2.87. The molecule has 0 atom stereocenters. The van der Waals surface area contributed by atoms with Gasteiger partial charge in [-0.25, -0.2) is 13.4 Å². The molecule has 0 spiro atoms. The lowest BCUT2D eigenvalue weighted by Gasteiger charge is -2.34. The molecule has 0 unspecified atom stereocenters. The second-order valence-electron chi connectivity index (χ2n) is 6.38. The number of carbonyl (C=O) groups excluding carboxylic acids is 1. The van der Waals surface area contributed by atoms with Gasteiger partial charge in [0.1, 0.15) is 11.4 Å². The van der Waals surface area contributed by atoms with Crippen molar-refractivity contribution < 1.29 is 13.2 Å². The van der Waals surface area contributed by atoms with E-state index >= 15 is 0 Å². The van der Waals surface area contributed by atoms with Crippen LogP contribution < -0.4 is 10.2 Å². The van der Waals surface area contributed by atoms with E-state index in [0.29, 0.717) is 39.0 Å². The Labute approximate surface area is 147 Å². The minimum atomic E-state index is -3.48. The number of hydrogen-bond donors (Lipinski definition) is 1. The Morgan fingerprint density at radius 2 is 2.00 bits per heavy atom. The van der Waals surface area contributed by atoms with E-state index in [1.165, 1.54) is 4.31 Å². The van der Waals surface area contributed by atoms with E-state index in [1.807, 2.05) is 23.1 Å². The van der Waals surface area contributed by atoms with Gasteiger partial charge in [-0.05, 0) is 25.0 Å². The third-order valence-electron chi connectivity index (χ3n) is 4.54. The molecule has 134 valence electrons. The maximum Gasteiger partial charge on any atom is 0.222 e. The second kappa shape index (κ2) is 6.98. The predicted molar refractivity (Wildman–Crippen MR) is 92.1 cm³/mol. The molecule has 8 nitrogen and oxygen atoms in total. The smallest absolute Gasteiger partial charge is 0.222 e. The summed E-state index contributed by atoms with van der Waals surface area (Å²) < 4.78 is 26.3. The number of pyridine rings is 1. The van der Waals surface area contributed by atoms with Crippen molar-refractivity contribution in [1.29, 1.82) is 5.26 Å². The molecule has 1 saturated heterocycles. The molecule has 1 N–H and O–H groups in total. The van der Waals surface area contributed by atoms with Crippen LogP contribution in [0.3, 0.4) is 0 Å². The number of aromatic nitrogens is 1. The Kier molecular flexibility index (Phi) is 4.92. The van der Waals surface area contributed by atoms with Crippen molar-refractivity contribution in [2.24, 2.45) is 0 Å². The summed E-state index contributed by atoms with van der Waals surface area (Å²) >= 11 is 0. The third kappa shape index (κ3) is 4.27. The maximum absolute atomic E-state index is 12.4. The van der Waals surface area contributed by atoms with Crippen LogP contribution in [-0.4, -0.2) is 61.1 Å². The van der Waals surface area contributed by atoms with Gasteiger partial charge in [0.2, 0.25) is 15.9 Å². The molecule has 1 aromatic rings. The fraction of sp³-hybridized carbons (Fsp3) is 0.562. The van der Waals surface area contributed by atoms with E-state index in [4.69, 9.17) is 5.26 Å². The van der Waals surface area contributed by atoms with E-state index in [0.717, 1.165) is 5.82 Å². The zero-order valence-electron chi connectivity index (χ0n) is 13.9. The molecule has 1 amide bonds. The lowest BCUT2D eigenvalue weighted by molar-refractivity contribution is -0.121. The molecule has 25 heavy (non-hydrogen) atoms. The highest BCUT2D eigenvalue weighted by Gasteiger charge is 2.44. The number of nitrogens with one attached hydrogen (secondary N) is 1. The zero-order valence-corrected chi connectivity index (χ0v) is 14.7. The fourth-order valence-electron chi connectivity index (χ4n) is 2.81. The Bertz CT molecular complexity index is 763. The fourth-order valence-corrected chi connectivity index (χ4v) is 4.23. The topological polar surface area (TPSA) is 106 Å². The Balaban J connectivity index is 1.48. The molecule has 2 fully saturated rings. The molecule has 0 bridgehead atoms. The van der Waals surface area contributed by atoms with Gasteiger partial charge in [0, 0.05) is 38.8 Å². The molecule has 3 rings (SSSR count). The molecule has 2 heterocycles. The SMILES string of the molecule is N#CC1(NC(=O)CCS(=O)(=O)N2CCN(c3ccccn3)CC2)CC1. The summed E-state index contributed by atoms with van der Waals surface area (Å²) in [5.41, 5.74) is -0.755. The van der Waals surface area contributed by atoms with Crippen molar-refractivity contribution in [2.75, 3.05) is 36.8 Å². The van der Waals surface area contributed by atoms with Crippen molar-refractivity contribution in [3.63, 3.8) is 0 Å². The molecule has 1 saturated carbocycles. The molecular weight excluding hydrogens is 342 g/mol. The van der Waals surface area contributed by atoms with Gasteiger partial charge in [-0.3, -0.25) is 4.79 Å². The van der Waals surface area contributed by atoms with Crippen LogP contribution in [0.25, 0.3) is 0 Å². The summed E-state index contributed by atoms with van der Waals surface area (Å²) in [7, 11) is -3.48. The standard InChI is InChI=1S/C16H21N5O3S/c17-13-16(5-6-16)19-15(22)4-12-25(23,24)21-10-8-20(9-11-21)14-3-1-2-7-18-14/h1-3,7H,4-6,8-12H2,(H,19,22). The van der Waals surface area contributed by atoms with Crippen molar-refractivity contribution in [3.05, 3.63) is 24.4 Å². The van der Waals surface area contributed by atoms with Crippen LogP contribution in [0.1, 0.15) is 19.3 Å². The van der Waals surface area contributed by atoms with Gasteiger partial charge >= 0.3 is 0 Å². The maximum atomic E-state index is 12.4. The molecule has 1 aromatic heterocycles. The minimum absolute atomic E-state index is 0.119. The third-order valence-corrected chi connectivity index (χ3v) is 6.41. The number of carbonyl (C=O) groups is 1. The lowest BCUT2D eigenvalue weighted by Crippen LogP contribution is -2.50. The molecule has 1 aliphatic carbocycles. The van der Waals surface area contributed by atoms with Gasteiger partial charge in [-0.2, -0.15) is 9.57 Å². The van der Waals surface area contributed by atoms with Crippen LogP contribution >= 0.6 is 0 Å². The zero-order chi connectivity index (χ0) is 17.9. The highest BCUT2D eigenvalue weighted by atomic mass is 32.2. The number of hydrogen-bond acceptors (Lipinski definition) is 6. The van der Waals surface area contributed by atoms with Crippen molar-refractivity contribution >= 4 is 21.7 Å². The Hall–Kier alpha value is -2.18. The van der Waals surface area contributed by atoms with Gasteiger partial charge in [0.05, 0.1) is 11.8 Å². The average Bonchev–Trinajstić information content (AvgIpc) is 3.41. The number of anilines is 1. The second-order valence-corrected chi connectivity index (χ2v) is 8.47. The molecule has 9 heteroatoms. The summed E-state index contributed by atoms with van der Waals surface area (Å²) in [6.45, 7) is 1.89. The van der Waals surface area contributed by atoms with Crippen LogP contribution in [0.2, 0.25) is 0 Å². The number of sulfonamides is 1. The van der Waals surface area contributed by atoms with Gasteiger partial charge in [0.15, 0.2) is 0 Å². The Morgan fingerprint density at radius 3 is 2.56 bits per heavy atom. The van der Waals surface area contributed by atoms with Crippen LogP contribution in [0, 0.1) is 11.3 Å². The van der Waals surface area contributed by atoms with Gasteiger partial charge in [-0.1, -0.05) is 6.07 Å². The number of piperazine rings is 1. The first kappa shape index (κ1) is 17.6. The van der Waals surface area contributed by atoms with Crippen LogP contribution in [-0.2, 0) is 14.8 Å². The molecule has 0 aromatic carbocycles. The molecule has 1 aliphatic heterocycles. The van der Waals surface area contributed by atoms with E-state index in [2.05, 4.69) is 16.4 Å². The van der Waals surface area contributed by atoms with Crippen molar-refractivity contribution in [2.45, 2.75) is 24.8 Å². The first-order valence-corrected chi connectivity index (χ1v) is 9.91. The van der Waals surface area contributed by atoms with Gasteiger partial charge in [0.25, 0.3) is 0 Å². The number of amides is 1. The van der Waals surface area contributed by atoms with Crippen LogP contribution in [0.5, 0.6) is 0 Å². The average molecular weight is 363 g/mol. The lowest BCUT2D eigenvalue weighted by atomic mass is 10.3. The summed E-state index contributed by atoms with van der Waals surface area (Å²) in [4.78, 5) is 18.2. The van der Waals surface area contributed by atoms with Crippen molar-refractivity contribution in [3.8, 4) is 6.07 Å². The first-order chi connectivity index (χ1) is 11.9. The predicted octanol–water partition coefficient (Wildman–Crippen LogP) is 0.0959. The molecular formula is C16H21N5O3S. The highest BCUT2D eigenvalue weighted by molar-refractivity contribution is 7.89.